The van der Waals surface area contributed by atoms with Gasteiger partial charge in [0, 0.05) is 34.3 Å². The van der Waals surface area contributed by atoms with Crippen LogP contribution in [0.5, 0.6) is 0 Å². The third-order valence-corrected chi connectivity index (χ3v) is 4.30. The molecule has 1 unspecified atom stereocenters. The van der Waals surface area contributed by atoms with Crippen molar-refractivity contribution in [3.8, 4) is 0 Å². The fourth-order valence-electron chi connectivity index (χ4n) is 1.80. The second kappa shape index (κ2) is 7.16. The van der Waals surface area contributed by atoms with Crippen LogP contribution < -0.4 is 0 Å². The quantitative estimate of drug-likeness (QED) is 0.824. The van der Waals surface area contributed by atoms with Gasteiger partial charge in [-0.05, 0) is 44.2 Å². The van der Waals surface area contributed by atoms with Gasteiger partial charge in [-0.1, -0.05) is 11.6 Å². The summed E-state index contributed by atoms with van der Waals surface area (Å²) in [4.78, 5) is 1.11. The fourth-order valence-corrected chi connectivity index (χ4v) is 2.75. The van der Waals surface area contributed by atoms with E-state index in [4.69, 9.17) is 11.6 Å². The van der Waals surface area contributed by atoms with E-state index in [2.05, 4.69) is 18.9 Å². The average Bonchev–Trinajstić information content (AvgIpc) is 2.87. The van der Waals surface area contributed by atoms with E-state index in [9.17, 15) is 5.11 Å². The molecule has 1 N–H and O–H groups in total. The van der Waals surface area contributed by atoms with Crippen molar-refractivity contribution in [3.63, 3.8) is 0 Å². The lowest BCUT2D eigenvalue weighted by Gasteiger charge is -2.09. The first kappa shape index (κ1) is 15.4. The van der Waals surface area contributed by atoms with Crippen molar-refractivity contribution >= 4 is 23.4 Å². The van der Waals surface area contributed by atoms with E-state index in [1.165, 1.54) is 0 Å². The highest BCUT2D eigenvalue weighted by molar-refractivity contribution is 7.99. The Morgan fingerprint density at radius 1 is 1.25 bits per heavy atom. The van der Waals surface area contributed by atoms with Crippen molar-refractivity contribution in [2.24, 2.45) is 0 Å². The average molecular weight is 311 g/mol. The van der Waals surface area contributed by atoms with Crippen LogP contribution in [0.2, 0.25) is 5.02 Å². The second-order valence-electron chi connectivity index (χ2n) is 5.00. The highest BCUT2D eigenvalue weighted by Gasteiger charge is 2.10. The van der Waals surface area contributed by atoms with Crippen LogP contribution in [0.25, 0.3) is 0 Å². The lowest BCUT2D eigenvalue weighted by Crippen LogP contribution is -2.14. The molecule has 2 aromatic rings. The van der Waals surface area contributed by atoms with Crippen molar-refractivity contribution < 1.29 is 5.11 Å². The Bertz CT molecular complexity index is 539. The number of nitrogens with zero attached hydrogens (tertiary/aromatic N) is 2. The number of hydrogen-bond acceptors (Lipinski definition) is 3. The van der Waals surface area contributed by atoms with E-state index in [0.29, 0.717) is 18.2 Å². The topological polar surface area (TPSA) is 38.0 Å². The molecule has 0 spiro atoms. The summed E-state index contributed by atoms with van der Waals surface area (Å²) in [5.41, 5.74) is 0.933. The van der Waals surface area contributed by atoms with Gasteiger partial charge in [-0.2, -0.15) is 5.10 Å². The summed E-state index contributed by atoms with van der Waals surface area (Å²) < 4.78 is 1.91. The van der Waals surface area contributed by atoms with Crippen molar-refractivity contribution in [1.29, 1.82) is 0 Å². The maximum Gasteiger partial charge on any atom is 0.0690 e. The maximum atomic E-state index is 10.1. The van der Waals surface area contributed by atoms with Crippen LogP contribution in [-0.4, -0.2) is 26.7 Å². The molecule has 5 heteroatoms. The highest BCUT2D eigenvalue weighted by Crippen LogP contribution is 2.21. The summed E-state index contributed by atoms with van der Waals surface area (Å²) >= 11 is 7.47. The molecule has 1 aromatic heterocycles. The number of aliphatic hydroxyl groups excluding tert-OH is 1. The molecule has 1 atom stereocenters. The molecule has 0 saturated heterocycles. The molecular formula is C15H19ClN2OS. The van der Waals surface area contributed by atoms with Gasteiger partial charge >= 0.3 is 0 Å². The van der Waals surface area contributed by atoms with Crippen LogP contribution in [0.4, 0.5) is 0 Å². The minimum Gasteiger partial charge on any atom is -0.392 e. The first-order valence-electron chi connectivity index (χ1n) is 6.65. The Labute approximate surface area is 129 Å². The normalized spacial score (nSPS) is 12.8. The van der Waals surface area contributed by atoms with Crippen LogP contribution in [0.3, 0.4) is 0 Å². The smallest absolute Gasteiger partial charge is 0.0690 e. The Balaban J connectivity index is 1.82. The van der Waals surface area contributed by atoms with Gasteiger partial charge in [-0.15, -0.1) is 11.8 Å². The molecule has 20 heavy (non-hydrogen) atoms. The molecule has 0 aliphatic rings. The van der Waals surface area contributed by atoms with Gasteiger partial charge in [0.05, 0.1) is 11.8 Å². The first-order valence-corrected chi connectivity index (χ1v) is 8.01. The molecule has 1 aromatic carbocycles. The second-order valence-corrected chi connectivity index (χ2v) is 6.53. The first-order chi connectivity index (χ1) is 9.54. The third-order valence-electron chi connectivity index (χ3n) is 2.89. The SMILES string of the molecule is CC(C)n1ccc(CC(O)CSc2ccc(Cl)cc2)n1. The summed E-state index contributed by atoms with van der Waals surface area (Å²) in [7, 11) is 0. The Hall–Kier alpha value is -0.970. The van der Waals surface area contributed by atoms with Crippen molar-refractivity contribution in [1.82, 2.24) is 9.78 Å². The van der Waals surface area contributed by atoms with Gasteiger partial charge in [0.1, 0.15) is 0 Å². The molecule has 108 valence electrons. The van der Waals surface area contributed by atoms with Crippen LogP contribution in [0.1, 0.15) is 25.6 Å². The van der Waals surface area contributed by atoms with Crippen LogP contribution in [0, 0.1) is 0 Å². The highest BCUT2D eigenvalue weighted by atomic mass is 35.5. The zero-order valence-corrected chi connectivity index (χ0v) is 13.2. The molecule has 0 bridgehead atoms. The number of rotatable bonds is 6. The zero-order chi connectivity index (χ0) is 14.5. The van der Waals surface area contributed by atoms with Crippen molar-refractivity contribution in [2.75, 3.05) is 5.75 Å². The predicted molar refractivity (Wildman–Crippen MR) is 84.5 cm³/mol. The number of halogens is 1. The van der Waals surface area contributed by atoms with E-state index in [1.807, 2.05) is 41.2 Å². The Kier molecular flexibility index (Phi) is 5.52. The summed E-state index contributed by atoms with van der Waals surface area (Å²) in [6, 6.07) is 9.97. The molecule has 2 rings (SSSR count). The number of thioether (sulfide) groups is 1. The number of benzene rings is 1. The van der Waals surface area contributed by atoms with E-state index in [0.717, 1.165) is 15.6 Å². The van der Waals surface area contributed by atoms with Gasteiger partial charge < -0.3 is 5.11 Å². The molecular weight excluding hydrogens is 292 g/mol. The lowest BCUT2D eigenvalue weighted by molar-refractivity contribution is 0.198. The maximum absolute atomic E-state index is 10.1. The molecule has 3 nitrogen and oxygen atoms in total. The molecule has 1 heterocycles. The standard InChI is InChI=1S/C15H19ClN2OS/c1-11(2)18-8-7-13(17-18)9-14(19)10-20-15-5-3-12(16)4-6-15/h3-8,11,14,19H,9-10H2,1-2H3. The molecule has 0 fully saturated rings. The predicted octanol–water partition coefficient (Wildman–Crippen LogP) is 3.81. The third kappa shape index (κ3) is 4.54. The van der Waals surface area contributed by atoms with Gasteiger partial charge in [0.15, 0.2) is 0 Å². The van der Waals surface area contributed by atoms with Gasteiger partial charge in [0.2, 0.25) is 0 Å². The van der Waals surface area contributed by atoms with Gasteiger partial charge in [-0.25, -0.2) is 0 Å². The molecule has 0 amide bonds. The van der Waals surface area contributed by atoms with Gasteiger partial charge in [0.25, 0.3) is 0 Å². The zero-order valence-electron chi connectivity index (χ0n) is 11.7. The Morgan fingerprint density at radius 3 is 2.55 bits per heavy atom. The van der Waals surface area contributed by atoms with Gasteiger partial charge in [-0.3, -0.25) is 4.68 Å². The van der Waals surface area contributed by atoms with Crippen LogP contribution >= 0.6 is 23.4 Å². The minimum atomic E-state index is -0.397. The molecule has 0 aliphatic heterocycles. The number of aromatic nitrogens is 2. The minimum absolute atomic E-state index is 0.351. The number of aliphatic hydroxyl groups is 1. The van der Waals surface area contributed by atoms with Crippen molar-refractivity contribution in [2.45, 2.75) is 37.3 Å². The largest absolute Gasteiger partial charge is 0.392 e. The Morgan fingerprint density at radius 2 is 1.95 bits per heavy atom. The summed E-state index contributed by atoms with van der Waals surface area (Å²) in [5, 5.41) is 15.2. The van der Waals surface area contributed by atoms with Crippen LogP contribution in [-0.2, 0) is 6.42 Å². The van der Waals surface area contributed by atoms with E-state index in [1.54, 1.807) is 11.8 Å². The number of hydrogen-bond donors (Lipinski definition) is 1. The monoisotopic (exact) mass is 310 g/mol. The van der Waals surface area contributed by atoms with E-state index < -0.39 is 6.10 Å². The van der Waals surface area contributed by atoms with E-state index >= 15 is 0 Å². The lowest BCUT2D eigenvalue weighted by atomic mass is 10.2. The summed E-state index contributed by atoms with van der Waals surface area (Å²) in [6.45, 7) is 4.17. The van der Waals surface area contributed by atoms with E-state index in [-0.39, 0.29) is 0 Å². The van der Waals surface area contributed by atoms with Crippen LogP contribution in [0.15, 0.2) is 41.4 Å². The fraction of sp³-hybridized carbons (Fsp3) is 0.400. The molecule has 0 saturated carbocycles. The summed E-state index contributed by atoms with van der Waals surface area (Å²) in [6.07, 6.45) is 2.14. The molecule has 0 aliphatic carbocycles. The van der Waals surface area contributed by atoms with Crippen molar-refractivity contribution in [3.05, 3.63) is 47.2 Å². The molecule has 0 radical (unpaired) electrons. The summed E-state index contributed by atoms with van der Waals surface area (Å²) in [5.74, 6) is 0.649.